The van der Waals surface area contributed by atoms with E-state index in [-0.39, 0.29) is 25.7 Å². The monoisotopic (exact) mass is 1430 g/mol. The Labute approximate surface area is 598 Å². The number of phosphoric acid groups is 2. The number of hydrogen-bond acceptors (Lipinski definition) is 15. The second-order valence-corrected chi connectivity index (χ2v) is 30.3. The van der Waals surface area contributed by atoms with Crippen LogP contribution in [0.4, 0.5) is 0 Å². The molecule has 0 amide bonds. The summed E-state index contributed by atoms with van der Waals surface area (Å²) in [7, 11) is -9.93. The topological polar surface area (TPSA) is 237 Å². The van der Waals surface area contributed by atoms with E-state index >= 15 is 0 Å². The van der Waals surface area contributed by atoms with Crippen molar-refractivity contribution in [1.82, 2.24) is 0 Å². The number of allylic oxidation sites excluding steroid dienone is 6. The molecule has 0 spiro atoms. The molecular weight excluding hydrogens is 1280 g/mol. The lowest BCUT2D eigenvalue weighted by Crippen LogP contribution is -2.30. The van der Waals surface area contributed by atoms with E-state index in [1.807, 2.05) is 0 Å². The average Bonchev–Trinajstić information content (AvgIpc) is 1.04. The highest BCUT2D eigenvalue weighted by molar-refractivity contribution is 7.47. The van der Waals surface area contributed by atoms with Gasteiger partial charge in [-0.05, 0) is 83.5 Å². The zero-order valence-corrected chi connectivity index (χ0v) is 64.8. The van der Waals surface area contributed by atoms with Crippen LogP contribution in [0.25, 0.3) is 0 Å². The molecule has 0 aromatic heterocycles. The summed E-state index contributed by atoms with van der Waals surface area (Å²) in [6.07, 6.45) is 68.3. The average molecular weight is 1430 g/mol. The molecule has 0 aromatic rings. The first-order chi connectivity index (χ1) is 47.7. The van der Waals surface area contributed by atoms with Crippen molar-refractivity contribution >= 4 is 39.5 Å². The number of esters is 4. The van der Waals surface area contributed by atoms with Gasteiger partial charge in [0.1, 0.15) is 19.3 Å². The van der Waals surface area contributed by atoms with Crippen molar-refractivity contribution in [2.45, 2.75) is 406 Å². The molecule has 576 valence electrons. The Hall–Kier alpha value is -2.72. The number of rotatable bonds is 77. The smallest absolute Gasteiger partial charge is 0.462 e. The summed E-state index contributed by atoms with van der Waals surface area (Å²) in [6.45, 7) is 4.92. The fourth-order valence-corrected chi connectivity index (χ4v) is 13.0. The highest BCUT2D eigenvalue weighted by atomic mass is 31.2. The Balaban J connectivity index is 5.32. The normalized spacial score (nSPS) is 14.1. The maximum Gasteiger partial charge on any atom is 0.472 e. The van der Waals surface area contributed by atoms with Crippen LogP contribution < -0.4 is 0 Å². The number of hydrogen-bond donors (Lipinski definition) is 3. The van der Waals surface area contributed by atoms with Crippen LogP contribution in [0, 0.1) is 0 Å². The number of aliphatic hydroxyl groups is 1. The molecule has 5 atom stereocenters. The molecule has 98 heavy (non-hydrogen) atoms. The Kier molecular flexibility index (Phi) is 70.6. The van der Waals surface area contributed by atoms with Gasteiger partial charge in [0.2, 0.25) is 0 Å². The first kappa shape index (κ1) is 95.3. The van der Waals surface area contributed by atoms with E-state index in [1.165, 1.54) is 186 Å². The summed E-state index contributed by atoms with van der Waals surface area (Å²) in [5.74, 6) is -2.15. The summed E-state index contributed by atoms with van der Waals surface area (Å²) in [5, 5.41) is 10.6. The van der Waals surface area contributed by atoms with Gasteiger partial charge in [-0.1, -0.05) is 315 Å². The second-order valence-electron chi connectivity index (χ2n) is 27.4. The van der Waals surface area contributed by atoms with Crippen LogP contribution in [0.2, 0.25) is 0 Å². The zero-order valence-electron chi connectivity index (χ0n) is 63.0. The van der Waals surface area contributed by atoms with Crippen LogP contribution in [0.5, 0.6) is 0 Å². The molecule has 0 heterocycles. The van der Waals surface area contributed by atoms with E-state index in [4.69, 9.17) is 37.0 Å². The molecule has 0 saturated heterocycles. The number of ether oxygens (including phenoxy) is 4. The zero-order chi connectivity index (χ0) is 71.8. The van der Waals surface area contributed by atoms with Crippen LogP contribution in [-0.2, 0) is 65.4 Å². The van der Waals surface area contributed by atoms with Gasteiger partial charge in [-0.3, -0.25) is 37.3 Å². The van der Waals surface area contributed by atoms with Crippen molar-refractivity contribution < 1.29 is 80.2 Å². The van der Waals surface area contributed by atoms with E-state index in [9.17, 15) is 43.2 Å². The molecule has 0 aliphatic heterocycles. The summed E-state index contributed by atoms with van der Waals surface area (Å²) < 4.78 is 68.6. The number of carbonyl (C=O) groups is 4. The lowest BCUT2D eigenvalue weighted by molar-refractivity contribution is -0.161. The van der Waals surface area contributed by atoms with Gasteiger partial charge >= 0.3 is 39.5 Å². The van der Waals surface area contributed by atoms with E-state index < -0.39 is 97.5 Å². The van der Waals surface area contributed by atoms with Crippen molar-refractivity contribution in [2.75, 3.05) is 39.6 Å². The van der Waals surface area contributed by atoms with Gasteiger partial charge < -0.3 is 33.8 Å². The van der Waals surface area contributed by atoms with Gasteiger partial charge in [-0.2, -0.15) is 0 Å². The van der Waals surface area contributed by atoms with Gasteiger partial charge in [0.05, 0.1) is 26.4 Å². The predicted octanol–water partition coefficient (Wildman–Crippen LogP) is 23.1. The van der Waals surface area contributed by atoms with Gasteiger partial charge in [-0.25, -0.2) is 9.13 Å². The minimum atomic E-state index is -4.97. The molecule has 0 aliphatic rings. The van der Waals surface area contributed by atoms with Crippen molar-refractivity contribution in [2.24, 2.45) is 0 Å². The van der Waals surface area contributed by atoms with Gasteiger partial charge in [-0.15, -0.1) is 0 Å². The maximum atomic E-state index is 13.1. The van der Waals surface area contributed by atoms with Crippen molar-refractivity contribution in [3.05, 3.63) is 36.5 Å². The molecule has 2 unspecified atom stereocenters. The molecule has 0 aliphatic carbocycles. The third kappa shape index (κ3) is 71.7. The standard InChI is InChI=1S/C79H148O17P2/c1-5-9-13-17-21-25-29-33-36-40-44-48-52-56-60-64-77(82)90-70-75(96-79(84)66-62-58-54-50-46-42-38-35-31-27-23-19-15-11-7-3)72-94-98(87,88)92-68-73(80)67-91-97(85,86)93-71-74(69-89-76(81)63-59-55-51-47-43-39-32-28-24-20-16-12-8-4)95-78(83)65-61-57-53-49-45-41-37-34-30-26-22-18-14-10-6-2/h23,27,34-35,37-38,73-75,80H,5-22,24-26,28-33,36,39-72H2,1-4H3,(H,85,86)(H,87,88)/b27-23-,37-34-,38-35-/t73-,74-,75-/m1/s1. The molecule has 0 saturated carbocycles. The Morgan fingerprint density at radius 2 is 0.500 bits per heavy atom. The Bertz CT molecular complexity index is 2000. The molecule has 17 nitrogen and oxygen atoms in total. The first-order valence-electron chi connectivity index (χ1n) is 40.2. The fraction of sp³-hybridized carbons (Fsp3) is 0.873. The molecule has 0 rings (SSSR count). The van der Waals surface area contributed by atoms with E-state index in [2.05, 4.69) is 64.2 Å². The number of phosphoric ester groups is 2. The molecule has 0 aromatic carbocycles. The quantitative estimate of drug-likeness (QED) is 0.0169. The maximum absolute atomic E-state index is 13.1. The van der Waals surface area contributed by atoms with Crippen LogP contribution >= 0.6 is 15.6 Å². The van der Waals surface area contributed by atoms with E-state index in [0.717, 1.165) is 122 Å². The van der Waals surface area contributed by atoms with Gasteiger partial charge in [0.15, 0.2) is 12.2 Å². The number of aliphatic hydroxyl groups excluding tert-OH is 1. The summed E-state index contributed by atoms with van der Waals surface area (Å²) in [5.41, 5.74) is 0. The Morgan fingerprint density at radius 1 is 0.286 bits per heavy atom. The third-order valence-electron chi connectivity index (χ3n) is 17.6. The fourth-order valence-electron chi connectivity index (χ4n) is 11.4. The van der Waals surface area contributed by atoms with Crippen molar-refractivity contribution in [3.8, 4) is 0 Å². The lowest BCUT2D eigenvalue weighted by Gasteiger charge is -2.21. The predicted molar refractivity (Wildman–Crippen MR) is 400 cm³/mol. The molecule has 19 heteroatoms. The lowest BCUT2D eigenvalue weighted by atomic mass is 10.0. The SMILES string of the molecule is CCCCC/C=C\C/C=C\CCCCCCCC(=O)O[C@H](COC(=O)CCCCCCCCCCCCCCCCC)COP(=O)(O)OC[C@H](O)COP(=O)(O)OC[C@@H](COC(=O)CCCCCCCCCCCCCCC)OC(=O)CCCCCCC/C=C\CCCCCCCC. The van der Waals surface area contributed by atoms with Gasteiger partial charge in [0.25, 0.3) is 0 Å². The van der Waals surface area contributed by atoms with E-state index in [0.29, 0.717) is 25.7 Å². The van der Waals surface area contributed by atoms with Crippen LogP contribution in [0.15, 0.2) is 36.5 Å². The molecule has 0 radical (unpaired) electrons. The summed E-state index contributed by atoms with van der Waals surface area (Å²) in [6, 6.07) is 0. The summed E-state index contributed by atoms with van der Waals surface area (Å²) >= 11 is 0. The van der Waals surface area contributed by atoms with Crippen LogP contribution in [0.3, 0.4) is 0 Å². The summed E-state index contributed by atoms with van der Waals surface area (Å²) in [4.78, 5) is 72.9. The molecule has 0 bridgehead atoms. The molecular formula is C79H148O17P2. The Morgan fingerprint density at radius 3 is 0.786 bits per heavy atom. The number of unbranched alkanes of at least 4 members (excludes halogenated alkanes) is 45. The minimum absolute atomic E-state index is 0.0863. The minimum Gasteiger partial charge on any atom is -0.462 e. The second kappa shape index (κ2) is 72.6. The number of carbonyl (C=O) groups excluding carboxylic acids is 4. The van der Waals surface area contributed by atoms with Crippen molar-refractivity contribution in [1.29, 1.82) is 0 Å². The van der Waals surface area contributed by atoms with Crippen molar-refractivity contribution in [3.63, 3.8) is 0 Å². The van der Waals surface area contributed by atoms with Crippen LogP contribution in [-0.4, -0.2) is 96.7 Å². The van der Waals surface area contributed by atoms with Gasteiger partial charge in [0, 0.05) is 25.7 Å². The molecule has 3 N–H and O–H groups in total. The molecule has 0 fully saturated rings. The highest BCUT2D eigenvalue weighted by Crippen LogP contribution is 2.45. The van der Waals surface area contributed by atoms with Crippen LogP contribution in [0.1, 0.15) is 387 Å². The third-order valence-corrected chi connectivity index (χ3v) is 19.5. The largest absolute Gasteiger partial charge is 0.472 e. The highest BCUT2D eigenvalue weighted by Gasteiger charge is 2.30. The van der Waals surface area contributed by atoms with E-state index in [1.54, 1.807) is 0 Å². The first-order valence-corrected chi connectivity index (χ1v) is 43.2.